The summed E-state index contributed by atoms with van der Waals surface area (Å²) in [5.74, 6) is 0.830. The van der Waals surface area contributed by atoms with Gasteiger partial charge in [0, 0.05) is 23.8 Å². The van der Waals surface area contributed by atoms with Crippen LogP contribution in [0.4, 0.5) is 11.4 Å². The fourth-order valence-corrected chi connectivity index (χ4v) is 2.46. The van der Waals surface area contributed by atoms with Gasteiger partial charge in [-0.1, -0.05) is 0 Å². The molecule has 18 heavy (non-hydrogen) atoms. The number of nitro groups is 1. The Bertz CT molecular complexity index is 488. The molecule has 0 saturated carbocycles. The van der Waals surface area contributed by atoms with Gasteiger partial charge in [0.2, 0.25) is 5.91 Å². The number of rotatable bonds is 3. The second-order valence-corrected chi connectivity index (χ2v) is 4.75. The SMILES string of the molecule is O=C(Nc1cc([N+](=O)[O-])ccc1O)C1CSCN1. The molecule has 1 atom stereocenters. The smallest absolute Gasteiger partial charge is 0.271 e. The van der Waals surface area contributed by atoms with Crippen molar-refractivity contribution in [1.29, 1.82) is 0 Å². The predicted molar refractivity (Wildman–Crippen MR) is 67.6 cm³/mol. The topological polar surface area (TPSA) is 104 Å². The molecule has 1 fully saturated rings. The lowest BCUT2D eigenvalue weighted by molar-refractivity contribution is -0.384. The van der Waals surface area contributed by atoms with Crippen molar-refractivity contribution >= 4 is 29.0 Å². The maximum Gasteiger partial charge on any atom is 0.271 e. The normalized spacial score (nSPS) is 18.6. The molecule has 96 valence electrons. The summed E-state index contributed by atoms with van der Waals surface area (Å²) < 4.78 is 0. The number of benzene rings is 1. The van der Waals surface area contributed by atoms with Crippen molar-refractivity contribution in [3.63, 3.8) is 0 Å². The van der Waals surface area contributed by atoms with E-state index in [0.717, 1.165) is 6.07 Å². The van der Waals surface area contributed by atoms with Crippen molar-refractivity contribution in [3.8, 4) is 5.75 Å². The van der Waals surface area contributed by atoms with Gasteiger partial charge in [-0.3, -0.25) is 20.2 Å². The maximum absolute atomic E-state index is 11.8. The van der Waals surface area contributed by atoms with Gasteiger partial charge in [0.15, 0.2) is 0 Å². The van der Waals surface area contributed by atoms with Gasteiger partial charge in [0.1, 0.15) is 5.75 Å². The molecular formula is C10H11N3O4S. The van der Waals surface area contributed by atoms with Crippen LogP contribution in [0.1, 0.15) is 0 Å². The quantitative estimate of drug-likeness (QED) is 0.428. The molecule has 1 aliphatic rings. The highest BCUT2D eigenvalue weighted by Crippen LogP contribution is 2.28. The summed E-state index contributed by atoms with van der Waals surface area (Å²) in [6.07, 6.45) is 0. The average Bonchev–Trinajstić information content (AvgIpc) is 2.85. The molecule has 7 nitrogen and oxygen atoms in total. The Kier molecular flexibility index (Phi) is 3.68. The van der Waals surface area contributed by atoms with Gasteiger partial charge in [-0.05, 0) is 6.07 Å². The molecule has 1 heterocycles. The lowest BCUT2D eigenvalue weighted by Gasteiger charge is -2.11. The van der Waals surface area contributed by atoms with Crippen molar-refractivity contribution in [2.24, 2.45) is 0 Å². The Morgan fingerprint density at radius 1 is 1.61 bits per heavy atom. The molecule has 1 saturated heterocycles. The number of nitrogens with one attached hydrogen (secondary N) is 2. The molecule has 8 heteroatoms. The number of aromatic hydroxyl groups is 1. The number of anilines is 1. The summed E-state index contributed by atoms with van der Waals surface area (Å²) in [4.78, 5) is 21.8. The number of nitrogens with zero attached hydrogens (tertiary/aromatic N) is 1. The molecular weight excluding hydrogens is 258 g/mol. The van der Waals surface area contributed by atoms with Crippen LogP contribution in [-0.4, -0.2) is 33.6 Å². The standard InChI is InChI=1S/C10H11N3O4S/c14-9-2-1-6(13(16)17)3-7(9)12-10(15)8-4-18-5-11-8/h1-3,8,11,14H,4-5H2,(H,12,15). The Hall–Kier alpha value is -1.80. The molecule has 0 bridgehead atoms. The van der Waals surface area contributed by atoms with Gasteiger partial charge in [-0.25, -0.2) is 0 Å². The number of amides is 1. The van der Waals surface area contributed by atoms with Gasteiger partial charge in [-0.15, -0.1) is 11.8 Å². The van der Waals surface area contributed by atoms with Crippen molar-refractivity contribution in [1.82, 2.24) is 5.32 Å². The number of phenolic OH excluding ortho intramolecular Hbond substituents is 1. The summed E-state index contributed by atoms with van der Waals surface area (Å²) in [7, 11) is 0. The fraction of sp³-hybridized carbons (Fsp3) is 0.300. The third-order valence-corrected chi connectivity index (χ3v) is 3.42. The summed E-state index contributed by atoms with van der Waals surface area (Å²) in [5.41, 5.74) is -0.134. The summed E-state index contributed by atoms with van der Waals surface area (Å²) in [6.45, 7) is 0. The van der Waals surface area contributed by atoms with E-state index in [1.165, 1.54) is 12.1 Å². The number of thioether (sulfide) groups is 1. The fourth-order valence-electron chi connectivity index (χ4n) is 1.52. The zero-order chi connectivity index (χ0) is 13.1. The molecule has 0 radical (unpaired) electrons. The molecule has 1 unspecified atom stereocenters. The van der Waals surface area contributed by atoms with E-state index in [9.17, 15) is 20.0 Å². The highest BCUT2D eigenvalue weighted by Gasteiger charge is 2.23. The first-order valence-electron chi connectivity index (χ1n) is 5.17. The molecule has 0 spiro atoms. The first kappa shape index (κ1) is 12.7. The minimum atomic E-state index is -0.585. The monoisotopic (exact) mass is 269 g/mol. The predicted octanol–water partition coefficient (Wildman–Crippen LogP) is 0.901. The van der Waals surface area contributed by atoms with Crippen molar-refractivity contribution in [3.05, 3.63) is 28.3 Å². The van der Waals surface area contributed by atoms with E-state index in [-0.39, 0.29) is 29.1 Å². The van der Waals surface area contributed by atoms with Crippen LogP contribution in [0.25, 0.3) is 0 Å². The van der Waals surface area contributed by atoms with Crippen molar-refractivity contribution in [2.45, 2.75) is 6.04 Å². The number of carbonyl (C=O) groups excluding carboxylic acids is 1. The second-order valence-electron chi connectivity index (χ2n) is 3.72. The minimum Gasteiger partial charge on any atom is -0.506 e. The number of non-ortho nitro benzene ring substituents is 1. The Morgan fingerprint density at radius 2 is 2.39 bits per heavy atom. The van der Waals surface area contributed by atoms with Crippen LogP contribution in [0.15, 0.2) is 18.2 Å². The van der Waals surface area contributed by atoms with Gasteiger partial charge in [0.25, 0.3) is 5.69 Å². The summed E-state index contributed by atoms with van der Waals surface area (Å²) in [6, 6.07) is 3.16. The molecule has 0 aromatic heterocycles. The summed E-state index contributed by atoms with van der Waals surface area (Å²) in [5, 5.41) is 25.6. The van der Waals surface area contributed by atoms with E-state index in [0.29, 0.717) is 11.6 Å². The Balaban J connectivity index is 2.14. The summed E-state index contributed by atoms with van der Waals surface area (Å²) >= 11 is 1.59. The van der Waals surface area contributed by atoms with E-state index in [4.69, 9.17) is 0 Å². The van der Waals surface area contributed by atoms with E-state index in [1.54, 1.807) is 11.8 Å². The van der Waals surface area contributed by atoms with E-state index in [2.05, 4.69) is 10.6 Å². The number of nitro benzene ring substituents is 1. The van der Waals surface area contributed by atoms with Crippen LogP contribution in [0.2, 0.25) is 0 Å². The third-order valence-electron chi connectivity index (χ3n) is 2.48. The van der Waals surface area contributed by atoms with Crippen LogP contribution < -0.4 is 10.6 Å². The van der Waals surface area contributed by atoms with Crippen LogP contribution in [0, 0.1) is 10.1 Å². The zero-order valence-corrected chi connectivity index (χ0v) is 10.1. The highest BCUT2D eigenvalue weighted by molar-refractivity contribution is 7.99. The minimum absolute atomic E-state index is 0.0490. The van der Waals surface area contributed by atoms with E-state index in [1.807, 2.05) is 0 Å². The van der Waals surface area contributed by atoms with Crippen molar-refractivity contribution in [2.75, 3.05) is 16.9 Å². The maximum atomic E-state index is 11.8. The zero-order valence-electron chi connectivity index (χ0n) is 9.25. The van der Waals surface area contributed by atoms with Crippen LogP contribution in [0.3, 0.4) is 0 Å². The van der Waals surface area contributed by atoms with Crippen LogP contribution in [0.5, 0.6) is 5.75 Å². The first-order chi connectivity index (χ1) is 8.58. The lowest BCUT2D eigenvalue weighted by Crippen LogP contribution is -2.37. The van der Waals surface area contributed by atoms with Crippen LogP contribution in [-0.2, 0) is 4.79 Å². The number of hydrogen-bond donors (Lipinski definition) is 3. The number of phenols is 1. The van der Waals surface area contributed by atoms with E-state index >= 15 is 0 Å². The molecule has 0 aliphatic carbocycles. The largest absolute Gasteiger partial charge is 0.506 e. The number of carbonyl (C=O) groups is 1. The Labute approximate surface area is 107 Å². The molecule has 2 rings (SSSR count). The highest BCUT2D eigenvalue weighted by atomic mass is 32.2. The molecule has 1 amide bonds. The van der Waals surface area contributed by atoms with Gasteiger partial charge in [0.05, 0.1) is 16.7 Å². The van der Waals surface area contributed by atoms with Crippen LogP contribution >= 0.6 is 11.8 Å². The second kappa shape index (κ2) is 5.23. The number of hydrogen-bond acceptors (Lipinski definition) is 6. The lowest BCUT2D eigenvalue weighted by atomic mass is 10.2. The first-order valence-corrected chi connectivity index (χ1v) is 6.33. The molecule has 1 aromatic rings. The molecule has 3 N–H and O–H groups in total. The molecule has 1 aliphatic heterocycles. The van der Waals surface area contributed by atoms with Gasteiger partial charge >= 0.3 is 0 Å². The average molecular weight is 269 g/mol. The van der Waals surface area contributed by atoms with Gasteiger partial charge in [-0.2, -0.15) is 0 Å². The molecule has 1 aromatic carbocycles. The van der Waals surface area contributed by atoms with Gasteiger partial charge < -0.3 is 10.4 Å². The van der Waals surface area contributed by atoms with E-state index < -0.39 is 4.92 Å². The third kappa shape index (κ3) is 2.71. The van der Waals surface area contributed by atoms with Crippen molar-refractivity contribution < 1.29 is 14.8 Å². The Morgan fingerprint density at radius 3 is 3.00 bits per heavy atom.